The topological polar surface area (TPSA) is 136 Å². The lowest BCUT2D eigenvalue weighted by molar-refractivity contribution is -0.161. The van der Waals surface area contributed by atoms with Gasteiger partial charge in [0.25, 0.3) is 0 Å². The summed E-state index contributed by atoms with van der Waals surface area (Å²) in [7, 11) is 0. The molecule has 360 valence electrons. The van der Waals surface area contributed by atoms with Gasteiger partial charge in [-0.25, -0.2) is 4.79 Å². The number of unbranched alkanes of at least 4 members (excludes halogenated alkanes) is 19. The second kappa shape index (κ2) is 45.6. The largest absolute Gasteiger partial charge is 0.508 e. The first-order valence-corrected chi connectivity index (χ1v) is 25.0. The standard InChI is InChI=1S/C49H93NO11/c1-6-11-14-16-24-29-38-56-48(57-39-30-25-17-15-12-7-2)35-34-47(53)60-42-44(43-61-49(54)58-40-31-36-50(9-4)10-5)41-59-46(52)33-27-23-21-19-18-20-22-26-32-45(51)55-37-28-13-8-3/h44,48H,6-43H2,1-5H3/t44-/m0/s1. The second-order valence-corrected chi connectivity index (χ2v) is 16.5. The van der Waals surface area contributed by atoms with Gasteiger partial charge in [0.1, 0.15) is 19.8 Å². The summed E-state index contributed by atoms with van der Waals surface area (Å²) in [6, 6.07) is 0. The van der Waals surface area contributed by atoms with E-state index < -0.39 is 24.3 Å². The van der Waals surface area contributed by atoms with Gasteiger partial charge in [0.2, 0.25) is 0 Å². The van der Waals surface area contributed by atoms with Gasteiger partial charge in [-0.15, -0.1) is 0 Å². The number of nitrogens with zero attached hydrogens (tertiary/aromatic N) is 1. The quantitative estimate of drug-likeness (QED) is 0.0249. The first-order chi connectivity index (χ1) is 29.8. The third kappa shape index (κ3) is 41.3. The van der Waals surface area contributed by atoms with Crippen molar-refractivity contribution in [1.82, 2.24) is 4.90 Å². The molecule has 0 aromatic heterocycles. The van der Waals surface area contributed by atoms with Crippen LogP contribution < -0.4 is 0 Å². The number of hydrogen-bond donors (Lipinski definition) is 0. The van der Waals surface area contributed by atoms with Crippen LogP contribution in [0.15, 0.2) is 0 Å². The van der Waals surface area contributed by atoms with E-state index in [4.69, 9.17) is 33.2 Å². The maximum atomic E-state index is 12.9. The number of hydrogen-bond acceptors (Lipinski definition) is 12. The van der Waals surface area contributed by atoms with Crippen LogP contribution in [0.5, 0.6) is 0 Å². The van der Waals surface area contributed by atoms with E-state index >= 15 is 0 Å². The molecule has 0 heterocycles. The molecule has 1 atom stereocenters. The van der Waals surface area contributed by atoms with Crippen LogP contribution >= 0.6 is 0 Å². The van der Waals surface area contributed by atoms with Crippen LogP contribution in [0.1, 0.15) is 214 Å². The van der Waals surface area contributed by atoms with Gasteiger partial charge in [0.15, 0.2) is 6.29 Å². The monoisotopic (exact) mass is 872 g/mol. The minimum atomic E-state index is -0.796. The Morgan fingerprint density at radius 2 is 0.787 bits per heavy atom. The van der Waals surface area contributed by atoms with Crippen molar-refractivity contribution in [3.05, 3.63) is 0 Å². The van der Waals surface area contributed by atoms with E-state index in [0.29, 0.717) is 45.5 Å². The molecule has 0 fully saturated rings. The first-order valence-electron chi connectivity index (χ1n) is 25.0. The second-order valence-electron chi connectivity index (χ2n) is 16.5. The summed E-state index contributed by atoms with van der Waals surface area (Å²) in [5, 5.41) is 0. The maximum Gasteiger partial charge on any atom is 0.508 e. The van der Waals surface area contributed by atoms with Crippen LogP contribution in [0, 0.1) is 5.92 Å². The van der Waals surface area contributed by atoms with E-state index in [1.54, 1.807) is 0 Å². The predicted molar refractivity (Wildman–Crippen MR) is 243 cm³/mol. The smallest absolute Gasteiger partial charge is 0.466 e. The highest BCUT2D eigenvalue weighted by atomic mass is 16.7. The van der Waals surface area contributed by atoms with Crippen LogP contribution in [0.25, 0.3) is 0 Å². The molecule has 0 aliphatic heterocycles. The van der Waals surface area contributed by atoms with Crippen molar-refractivity contribution >= 4 is 24.1 Å². The number of carbonyl (C=O) groups excluding carboxylic acids is 4. The molecule has 0 bridgehead atoms. The summed E-state index contributed by atoms with van der Waals surface area (Å²) in [6.45, 7) is 15.2. The summed E-state index contributed by atoms with van der Waals surface area (Å²) in [5.41, 5.74) is 0. The molecule has 0 rings (SSSR count). The molecule has 0 amide bonds. The lowest BCUT2D eigenvalue weighted by atomic mass is 10.1. The van der Waals surface area contributed by atoms with Crippen molar-refractivity contribution in [2.24, 2.45) is 5.92 Å². The van der Waals surface area contributed by atoms with Crippen molar-refractivity contribution in [1.29, 1.82) is 0 Å². The Bertz CT molecular complexity index is 991. The summed E-state index contributed by atoms with van der Waals surface area (Å²) in [6.07, 6.45) is 25.7. The fourth-order valence-electron chi connectivity index (χ4n) is 6.78. The summed E-state index contributed by atoms with van der Waals surface area (Å²) >= 11 is 0. The Morgan fingerprint density at radius 1 is 0.393 bits per heavy atom. The maximum absolute atomic E-state index is 12.9. The lowest BCUT2D eigenvalue weighted by Gasteiger charge is -2.20. The van der Waals surface area contributed by atoms with E-state index in [0.717, 1.165) is 116 Å². The number of ether oxygens (including phenoxy) is 7. The van der Waals surface area contributed by atoms with Gasteiger partial charge in [0.05, 0.1) is 25.6 Å². The number of esters is 3. The van der Waals surface area contributed by atoms with Crippen LogP contribution in [0.4, 0.5) is 4.79 Å². The van der Waals surface area contributed by atoms with Gasteiger partial charge in [-0.05, 0) is 51.6 Å². The van der Waals surface area contributed by atoms with Gasteiger partial charge < -0.3 is 38.1 Å². The first kappa shape index (κ1) is 58.6. The number of carbonyl (C=O) groups is 4. The Balaban J connectivity index is 4.80. The summed E-state index contributed by atoms with van der Waals surface area (Å²) in [4.78, 5) is 52.0. The molecule has 0 saturated carbocycles. The zero-order valence-corrected chi connectivity index (χ0v) is 40.0. The highest BCUT2D eigenvalue weighted by molar-refractivity contribution is 5.70. The fourth-order valence-corrected chi connectivity index (χ4v) is 6.78. The minimum Gasteiger partial charge on any atom is -0.466 e. The lowest BCUT2D eigenvalue weighted by Crippen LogP contribution is -2.28. The van der Waals surface area contributed by atoms with E-state index in [-0.39, 0.29) is 44.8 Å². The van der Waals surface area contributed by atoms with Crippen LogP contribution in [-0.4, -0.2) is 101 Å². The Hall–Kier alpha value is -2.44. The SMILES string of the molecule is CCCCCCCCOC(CCC(=O)OC[C@H](COC(=O)CCCCCCCCCCC(=O)OCCCCC)COC(=O)OCCCN(CC)CC)OCCCCCCCC. The molecule has 0 aromatic rings. The van der Waals surface area contributed by atoms with Gasteiger partial charge in [-0.3, -0.25) is 14.4 Å². The summed E-state index contributed by atoms with van der Waals surface area (Å²) in [5.74, 6) is -1.37. The Labute approximate surface area is 372 Å². The van der Waals surface area contributed by atoms with Gasteiger partial charge >= 0.3 is 24.1 Å². The molecule has 12 heteroatoms. The molecular formula is C49H93NO11. The Kier molecular flexibility index (Phi) is 43.8. The fraction of sp³-hybridized carbons (Fsp3) is 0.918. The molecule has 61 heavy (non-hydrogen) atoms. The zero-order valence-electron chi connectivity index (χ0n) is 40.0. The molecule has 0 aliphatic carbocycles. The highest BCUT2D eigenvalue weighted by Gasteiger charge is 2.20. The van der Waals surface area contributed by atoms with E-state index in [2.05, 4.69) is 39.5 Å². The van der Waals surface area contributed by atoms with Gasteiger partial charge in [0, 0.05) is 39.0 Å². The van der Waals surface area contributed by atoms with Crippen LogP contribution in [0.2, 0.25) is 0 Å². The van der Waals surface area contributed by atoms with Gasteiger partial charge in [-0.1, -0.05) is 150 Å². The average molecular weight is 872 g/mol. The van der Waals surface area contributed by atoms with Crippen molar-refractivity contribution in [2.75, 3.05) is 65.9 Å². The molecule has 0 spiro atoms. The van der Waals surface area contributed by atoms with Crippen LogP contribution in [-0.2, 0) is 47.5 Å². The van der Waals surface area contributed by atoms with Crippen molar-refractivity contribution in [2.45, 2.75) is 221 Å². The molecule has 0 saturated heterocycles. The molecule has 0 aliphatic rings. The average Bonchev–Trinajstić information content (AvgIpc) is 3.26. The van der Waals surface area contributed by atoms with E-state index in [9.17, 15) is 19.2 Å². The predicted octanol–water partition coefficient (Wildman–Crippen LogP) is 12.1. The molecule has 0 N–H and O–H groups in total. The minimum absolute atomic E-state index is 0.0427. The van der Waals surface area contributed by atoms with E-state index in [1.807, 2.05) is 0 Å². The third-order valence-corrected chi connectivity index (χ3v) is 10.8. The van der Waals surface area contributed by atoms with Crippen molar-refractivity contribution in [3.8, 4) is 0 Å². The van der Waals surface area contributed by atoms with Crippen molar-refractivity contribution in [3.63, 3.8) is 0 Å². The highest BCUT2D eigenvalue weighted by Crippen LogP contribution is 2.15. The van der Waals surface area contributed by atoms with Crippen molar-refractivity contribution < 1.29 is 52.3 Å². The molecular weight excluding hydrogens is 779 g/mol. The van der Waals surface area contributed by atoms with E-state index in [1.165, 1.54) is 51.4 Å². The van der Waals surface area contributed by atoms with Gasteiger partial charge in [-0.2, -0.15) is 0 Å². The normalized spacial score (nSPS) is 11.9. The molecule has 12 nitrogen and oxygen atoms in total. The molecule has 0 aromatic carbocycles. The zero-order chi connectivity index (χ0) is 44.9. The molecule has 0 radical (unpaired) electrons. The van der Waals surface area contributed by atoms with Crippen LogP contribution in [0.3, 0.4) is 0 Å². The summed E-state index contributed by atoms with van der Waals surface area (Å²) < 4.78 is 39.3. The Morgan fingerprint density at radius 3 is 1.30 bits per heavy atom. The third-order valence-electron chi connectivity index (χ3n) is 10.8. The number of rotatable bonds is 46. The molecule has 0 unspecified atom stereocenters.